The van der Waals surface area contributed by atoms with Crippen LogP contribution in [0.15, 0.2) is 18.2 Å². The van der Waals surface area contributed by atoms with Crippen molar-refractivity contribution in [3.63, 3.8) is 0 Å². The molecule has 2 N–H and O–H groups in total. The quantitative estimate of drug-likeness (QED) is 0.509. The second-order valence-corrected chi connectivity index (χ2v) is 4.22. The first-order chi connectivity index (χ1) is 9.93. The van der Waals surface area contributed by atoms with E-state index in [2.05, 4.69) is 9.72 Å². The summed E-state index contributed by atoms with van der Waals surface area (Å²) in [5.74, 6) is -4.89. The van der Waals surface area contributed by atoms with Crippen LogP contribution in [0.2, 0.25) is 0 Å². The number of nitrogens with zero attached hydrogens (tertiary/aromatic N) is 3. The highest BCUT2D eigenvalue weighted by atomic mass is 31.1. The highest BCUT2D eigenvalue weighted by Crippen LogP contribution is 2.24. The largest absolute Gasteiger partial charge is 0.719 e. The molecule has 1 atom stereocenters. The zero-order valence-electron chi connectivity index (χ0n) is 9.92. The second kappa shape index (κ2) is 5.88. The lowest BCUT2D eigenvalue weighted by Gasteiger charge is -2.07. The summed E-state index contributed by atoms with van der Waals surface area (Å²) in [6, 6.07) is 4.24. The molecule has 0 saturated heterocycles. The predicted molar refractivity (Wildman–Crippen MR) is 62.7 cm³/mol. The minimum Gasteiger partial charge on any atom is -0.211 e. The van der Waals surface area contributed by atoms with Gasteiger partial charge in [0.15, 0.2) is 29.0 Å². The molecule has 0 aliphatic heterocycles. The molecule has 1 heterocycles. The number of hydrogen-bond acceptors (Lipinski definition) is 5. The first-order valence-electron chi connectivity index (χ1n) is 5.17. The van der Waals surface area contributed by atoms with Crippen LogP contribution in [-0.2, 0) is 9.19 Å². The Kier molecular flexibility index (Phi) is 4.18. The predicted octanol–water partition coefficient (Wildman–Crippen LogP) is 2.15. The summed E-state index contributed by atoms with van der Waals surface area (Å²) < 4.78 is 55.1. The van der Waals surface area contributed by atoms with Crippen molar-refractivity contribution in [2.45, 2.75) is 0 Å². The maximum atomic E-state index is 13.7. The third-order valence-corrected chi connectivity index (χ3v) is 2.54. The van der Waals surface area contributed by atoms with Crippen LogP contribution < -0.4 is 5.48 Å². The first kappa shape index (κ1) is 14.9. The van der Waals surface area contributed by atoms with Gasteiger partial charge in [-0.1, -0.05) is 0 Å². The van der Waals surface area contributed by atoms with Gasteiger partial charge in [0.25, 0.3) is 0 Å². The van der Waals surface area contributed by atoms with Crippen LogP contribution in [-0.4, -0.2) is 14.7 Å². The molecule has 1 aromatic carbocycles. The zero-order valence-corrected chi connectivity index (χ0v) is 10.8. The van der Waals surface area contributed by atoms with Crippen LogP contribution in [0.25, 0.3) is 5.69 Å². The van der Waals surface area contributed by atoms with E-state index < -0.39 is 31.4 Å². The van der Waals surface area contributed by atoms with Gasteiger partial charge in [-0.05, 0) is 12.1 Å². The Labute approximate surface area is 116 Å². The normalized spacial score (nSPS) is 11.1. The number of rotatable bonds is 4. The van der Waals surface area contributed by atoms with Crippen LogP contribution in [0.4, 0.5) is 19.0 Å². The monoisotopic (exact) mass is 317 g/mol. The third-order valence-electron chi connectivity index (χ3n) is 2.30. The molecule has 0 fully saturated rings. The molecule has 0 radical (unpaired) electrons. The Morgan fingerprint density at radius 1 is 1.38 bits per heavy atom. The number of hydrogen-bond donors (Lipinski definition) is 2. The van der Waals surface area contributed by atoms with E-state index in [1.54, 1.807) is 6.07 Å². The van der Waals surface area contributed by atoms with Gasteiger partial charge in [0.05, 0.1) is 0 Å². The lowest BCUT2D eigenvalue weighted by atomic mass is 10.3. The molecule has 1 unspecified atom stereocenters. The molecule has 0 saturated carbocycles. The summed E-state index contributed by atoms with van der Waals surface area (Å²) in [7, 11) is -3.03. The molecule has 0 aliphatic rings. The molecule has 0 amide bonds. The lowest BCUT2D eigenvalue weighted by molar-refractivity contribution is 0.336. The van der Waals surface area contributed by atoms with Crippen LogP contribution in [0, 0.1) is 28.8 Å². The van der Waals surface area contributed by atoms with Gasteiger partial charge in [-0.3, -0.25) is 0 Å². The van der Waals surface area contributed by atoms with Crippen LogP contribution in [0.3, 0.4) is 0 Å². The highest BCUT2D eigenvalue weighted by Gasteiger charge is 2.21. The van der Waals surface area contributed by atoms with Gasteiger partial charge in [0, 0.05) is 15.3 Å². The second-order valence-electron chi connectivity index (χ2n) is 3.56. The van der Waals surface area contributed by atoms with Crippen molar-refractivity contribution in [2.75, 3.05) is 5.48 Å². The standard InChI is InChI=1S/C10H4F3N4O3P/c11-6-1-2-7(10(13)9(6)12)17-8(16-20-21(18)19)3-5(4-14)15-17/h1-3,16H/p+1. The van der Waals surface area contributed by atoms with E-state index in [4.69, 9.17) is 10.2 Å². The number of aromatic nitrogens is 2. The number of anilines is 1. The fourth-order valence-electron chi connectivity index (χ4n) is 1.46. The first-order valence-corrected chi connectivity index (χ1v) is 6.30. The van der Waals surface area contributed by atoms with Gasteiger partial charge < -0.3 is 0 Å². The molecule has 2 rings (SSSR count). The lowest BCUT2D eigenvalue weighted by Crippen LogP contribution is -2.08. The molecule has 1 aromatic heterocycles. The van der Waals surface area contributed by atoms with Crippen molar-refractivity contribution in [2.24, 2.45) is 0 Å². The van der Waals surface area contributed by atoms with E-state index in [0.717, 1.165) is 12.1 Å². The molecule has 11 heteroatoms. The summed E-state index contributed by atoms with van der Waals surface area (Å²) in [5, 5.41) is 12.4. The molecular weight excluding hydrogens is 312 g/mol. The summed E-state index contributed by atoms with van der Waals surface area (Å²) in [4.78, 5) is 8.52. The van der Waals surface area contributed by atoms with Gasteiger partial charge >= 0.3 is 8.25 Å². The Morgan fingerprint density at radius 3 is 2.71 bits per heavy atom. The van der Waals surface area contributed by atoms with E-state index in [0.29, 0.717) is 10.7 Å². The third kappa shape index (κ3) is 3.00. The van der Waals surface area contributed by atoms with Gasteiger partial charge in [0.2, 0.25) is 0 Å². The van der Waals surface area contributed by atoms with Gasteiger partial charge in [-0.15, -0.1) is 4.89 Å². The molecule has 0 spiro atoms. The average Bonchev–Trinajstić information content (AvgIpc) is 2.86. The van der Waals surface area contributed by atoms with Crippen LogP contribution >= 0.6 is 8.25 Å². The molecule has 108 valence electrons. The fourth-order valence-corrected chi connectivity index (χ4v) is 1.63. The number of benzene rings is 1. The summed E-state index contributed by atoms with van der Waals surface area (Å²) in [6.07, 6.45) is 0. The number of nitrogens with one attached hydrogen (secondary N) is 1. The van der Waals surface area contributed by atoms with E-state index in [1.165, 1.54) is 0 Å². The summed E-state index contributed by atoms with van der Waals surface area (Å²) >= 11 is 0. The van der Waals surface area contributed by atoms with Crippen molar-refractivity contribution >= 4 is 14.1 Å². The van der Waals surface area contributed by atoms with E-state index in [9.17, 15) is 17.7 Å². The summed E-state index contributed by atoms with van der Waals surface area (Å²) in [5.41, 5.74) is 1.23. The Bertz CT molecular complexity index is 759. The smallest absolute Gasteiger partial charge is 0.211 e. The fraction of sp³-hybridized carbons (Fsp3) is 0. The maximum absolute atomic E-state index is 13.7. The van der Waals surface area contributed by atoms with Crippen molar-refractivity contribution in [3.8, 4) is 11.8 Å². The van der Waals surface area contributed by atoms with E-state index in [-0.39, 0.29) is 11.5 Å². The van der Waals surface area contributed by atoms with Crippen LogP contribution in [0.5, 0.6) is 0 Å². The SMILES string of the molecule is N#Cc1cc(NO[P+](=O)O)n(-c2ccc(F)c(F)c2F)n1. The molecule has 2 aromatic rings. The maximum Gasteiger partial charge on any atom is 0.719 e. The molecule has 7 nitrogen and oxygen atoms in total. The molecule has 21 heavy (non-hydrogen) atoms. The van der Waals surface area contributed by atoms with Gasteiger partial charge in [0.1, 0.15) is 11.8 Å². The van der Waals surface area contributed by atoms with Crippen LogP contribution in [0.1, 0.15) is 5.69 Å². The topological polar surface area (TPSA) is 100 Å². The average molecular weight is 317 g/mol. The van der Waals surface area contributed by atoms with E-state index in [1.807, 2.05) is 5.48 Å². The number of halogens is 3. The Hall–Kier alpha value is -2.47. The van der Waals surface area contributed by atoms with Gasteiger partial charge in [-0.25, -0.2) is 17.9 Å². The number of nitriles is 1. The van der Waals surface area contributed by atoms with Crippen molar-refractivity contribution in [1.29, 1.82) is 5.26 Å². The Balaban J connectivity index is 2.53. The Morgan fingerprint density at radius 2 is 2.10 bits per heavy atom. The minimum atomic E-state index is -3.03. The summed E-state index contributed by atoms with van der Waals surface area (Å²) in [6.45, 7) is 0. The molecule has 0 bridgehead atoms. The minimum absolute atomic E-state index is 0.210. The van der Waals surface area contributed by atoms with E-state index >= 15 is 0 Å². The van der Waals surface area contributed by atoms with Crippen molar-refractivity contribution in [1.82, 2.24) is 9.78 Å². The highest BCUT2D eigenvalue weighted by molar-refractivity contribution is 7.32. The molecular formula is C10H5F3N4O3P+. The van der Waals surface area contributed by atoms with Crippen molar-refractivity contribution < 1.29 is 27.3 Å². The zero-order chi connectivity index (χ0) is 15.6. The molecule has 0 aliphatic carbocycles. The van der Waals surface area contributed by atoms with Crippen molar-refractivity contribution in [3.05, 3.63) is 41.3 Å². The van der Waals surface area contributed by atoms with Gasteiger partial charge in [-0.2, -0.15) is 15.8 Å².